The van der Waals surface area contributed by atoms with E-state index in [0.717, 1.165) is 25.9 Å². The van der Waals surface area contributed by atoms with Crippen molar-refractivity contribution >= 4 is 10.4 Å². The molecule has 0 spiro atoms. The zero-order chi connectivity index (χ0) is 23.4. The van der Waals surface area contributed by atoms with E-state index < -0.39 is 10.4 Å². The Morgan fingerprint density at radius 3 is 1.41 bits per heavy atom. The van der Waals surface area contributed by atoms with Gasteiger partial charge in [-0.1, -0.05) is 97.9 Å². The van der Waals surface area contributed by atoms with Crippen molar-refractivity contribution in [3.05, 3.63) is 108 Å². The molecule has 3 rings (SSSR count). The van der Waals surface area contributed by atoms with E-state index in [1.165, 1.54) is 16.7 Å². The van der Waals surface area contributed by atoms with E-state index in [2.05, 4.69) is 84.6 Å². The van der Waals surface area contributed by atoms with Gasteiger partial charge in [0.15, 0.2) is 0 Å². The lowest BCUT2D eigenvalue weighted by Crippen LogP contribution is -2.44. The molecule has 6 nitrogen and oxygen atoms in total. The molecule has 0 radical (unpaired) electrons. The normalized spacial score (nSPS) is 13.2. The van der Waals surface area contributed by atoms with Crippen molar-refractivity contribution in [2.45, 2.75) is 45.0 Å². The average molecular weight is 458 g/mol. The Labute approximate surface area is 190 Å². The zero-order valence-electron chi connectivity index (χ0n) is 18.2. The summed E-state index contributed by atoms with van der Waals surface area (Å²) in [5, 5.41) is 10.9. The van der Waals surface area contributed by atoms with E-state index in [-0.39, 0.29) is 12.1 Å². The fraction of sp³-hybridized carbons (Fsp3) is 0.280. The summed E-state index contributed by atoms with van der Waals surface area (Å²) in [5.41, 5.74) is 3.81. The van der Waals surface area contributed by atoms with Crippen LogP contribution in [-0.4, -0.2) is 39.7 Å². The number of nitrogens with zero attached hydrogens (tertiary/aromatic N) is 1. The molecule has 0 aromatic heterocycles. The Bertz CT molecular complexity index is 949. The van der Waals surface area contributed by atoms with Gasteiger partial charge in [0.25, 0.3) is 0 Å². The molecule has 0 saturated heterocycles. The van der Waals surface area contributed by atoms with Crippen molar-refractivity contribution in [1.82, 2.24) is 4.90 Å². The Hall–Kier alpha value is -2.55. The van der Waals surface area contributed by atoms with Crippen LogP contribution < -0.4 is 0 Å². The highest BCUT2D eigenvalue weighted by Gasteiger charge is 2.25. The molecular weight excluding hydrogens is 426 g/mol. The predicted molar refractivity (Wildman–Crippen MR) is 127 cm³/mol. The molecule has 0 aliphatic rings. The second-order valence-electron chi connectivity index (χ2n) is 7.56. The Morgan fingerprint density at radius 2 is 1.06 bits per heavy atom. The van der Waals surface area contributed by atoms with E-state index in [4.69, 9.17) is 17.5 Å². The smallest absolute Gasteiger partial charge is 0.391 e. The monoisotopic (exact) mass is 457 g/mol. The third-order valence-electron chi connectivity index (χ3n) is 5.08. The minimum Gasteiger partial charge on any atom is -0.391 e. The van der Waals surface area contributed by atoms with E-state index in [9.17, 15) is 5.11 Å². The van der Waals surface area contributed by atoms with Crippen molar-refractivity contribution in [2.75, 3.05) is 0 Å². The zero-order valence-corrected chi connectivity index (χ0v) is 19.0. The lowest BCUT2D eigenvalue weighted by atomic mass is 9.96. The number of rotatable bonds is 9. The summed E-state index contributed by atoms with van der Waals surface area (Å²) in [6.45, 7) is 3.71. The molecule has 3 aromatic carbocycles. The standard InChI is InChI=1S/C25H29NO.H2O4S/c1-2-25(27)24(18-21-12-6-3-7-13-21)26(19-22-14-8-4-9-15-22)20-23-16-10-5-11-17-23;1-5(2,3)4/h3-17,24-25,27H,2,18-20H2,1H3;(H2,1,2,3,4)/t24-,25-;/m0./s1. The maximum absolute atomic E-state index is 10.9. The summed E-state index contributed by atoms with van der Waals surface area (Å²) >= 11 is 0. The number of hydrogen-bond donors (Lipinski definition) is 3. The summed E-state index contributed by atoms with van der Waals surface area (Å²) < 4.78 is 31.6. The van der Waals surface area contributed by atoms with Crippen molar-refractivity contribution in [3.8, 4) is 0 Å². The minimum absolute atomic E-state index is 0.0674. The van der Waals surface area contributed by atoms with Gasteiger partial charge in [-0.3, -0.25) is 14.0 Å². The van der Waals surface area contributed by atoms with E-state index >= 15 is 0 Å². The largest absolute Gasteiger partial charge is 0.394 e. The highest BCUT2D eigenvalue weighted by molar-refractivity contribution is 7.79. The van der Waals surface area contributed by atoms with Crippen LogP contribution in [0.15, 0.2) is 91.0 Å². The molecule has 0 bridgehead atoms. The van der Waals surface area contributed by atoms with Crippen molar-refractivity contribution in [2.24, 2.45) is 0 Å². The third-order valence-corrected chi connectivity index (χ3v) is 5.08. The molecule has 0 heterocycles. The molecule has 2 atom stereocenters. The molecule has 0 amide bonds. The van der Waals surface area contributed by atoms with Crippen molar-refractivity contribution < 1.29 is 22.6 Å². The summed E-state index contributed by atoms with van der Waals surface area (Å²) in [6.07, 6.45) is 1.23. The van der Waals surface area contributed by atoms with Crippen LogP contribution in [0, 0.1) is 0 Å². The second kappa shape index (κ2) is 13.1. The molecule has 7 heteroatoms. The summed E-state index contributed by atoms with van der Waals surface area (Å²) in [4.78, 5) is 2.42. The lowest BCUT2D eigenvalue weighted by molar-refractivity contribution is 0.0370. The first kappa shape index (κ1) is 25.7. The number of hydrogen-bond acceptors (Lipinski definition) is 4. The summed E-state index contributed by atoms with van der Waals surface area (Å²) in [6, 6.07) is 31.6. The van der Waals surface area contributed by atoms with Crippen LogP contribution in [-0.2, 0) is 29.9 Å². The quantitative estimate of drug-likeness (QED) is 0.412. The predicted octanol–water partition coefficient (Wildman–Crippen LogP) is 4.42. The van der Waals surface area contributed by atoms with Gasteiger partial charge in [-0.2, -0.15) is 8.42 Å². The second-order valence-corrected chi connectivity index (χ2v) is 8.45. The molecule has 0 aliphatic heterocycles. The van der Waals surface area contributed by atoms with Gasteiger partial charge in [0.05, 0.1) is 6.10 Å². The van der Waals surface area contributed by atoms with Crippen molar-refractivity contribution in [1.29, 1.82) is 0 Å². The van der Waals surface area contributed by atoms with E-state index in [1.807, 2.05) is 18.2 Å². The molecule has 0 unspecified atom stereocenters. The van der Waals surface area contributed by atoms with Gasteiger partial charge >= 0.3 is 10.4 Å². The minimum atomic E-state index is -4.67. The van der Waals surface area contributed by atoms with Gasteiger partial charge in [0, 0.05) is 19.1 Å². The van der Waals surface area contributed by atoms with Crippen molar-refractivity contribution in [3.63, 3.8) is 0 Å². The first-order valence-electron chi connectivity index (χ1n) is 10.5. The van der Waals surface area contributed by atoms with Crippen LogP contribution in [0.25, 0.3) is 0 Å². The number of benzene rings is 3. The molecule has 3 aromatic rings. The van der Waals surface area contributed by atoms with Crippen LogP contribution in [0.4, 0.5) is 0 Å². The van der Waals surface area contributed by atoms with Crippen LogP contribution in [0.2, 0.25) is 0 Å². The maximum atomic E-state index is 10.9. The number of aliphatic hydroxyl groups is 1. The lowest BCUT2D eigenvalue weighted by Gasteiger charge is -2.35. The average Bonchev–Trinajstić information content (AvgIpc) is 2.77. The first-order chi connectivity index (χ1) is 15.3. The van der Waals surface area contributed by atoms with E-state index in [0.29, 0.717) is 0 Å². The van der Waals surface area contributed by atoms with Gasteiger partial charge in [-0.15, -0.1) is 0 Å². The van der Waals surface area contributed by atoms with Crippen LogP contribution in [0.5, 0.6) is 0 Å². The molecule has 172 valence electrons. The van der Waals surface area contributed by atoms with Gasteiger partial charge in [0.2, 0.25) is 0 Å². The molecule has 32 heavy (non-hydrogen) atoms. The van der Waals surface area contributed by atoms with Gasteiger partial charge in [0.1, 0.15) is 0 Å². The summed E-state index contributed by atoms with van der Waals surface area (Å²) in [7, 11) is -4.67. The van der Waals surface area contributed by atoms with E-state index in [1.54, 1.807) is 0 Å². The fourth-order valence-corrected chi connectivity index (χ4v) is 3.56. The van der Waals surface area contributed by atoms with Gasteiger partial charge in [-0.05, 0) is 29.5 Å². The molecule has 0 aliphatic carbocycles. The molecule has 3 N–H and O–H groups in total. The number of aliphatic hydroxyl groups excluding tert-OH is 1. The topological polar surface area (TPSA) is 98.1 Å². The Morgan fingerprint density at radius 1 is 0.719 bits per heavy atom. The van der Waals surface area contributed by atoms with Gasteiger partial charge < -0.3 is 5.11 Å². The SMILES string of the molecule is CC[C@H](O)[C@H](Cc1ccccc1)N(Cc1ccccc1)Cc1ccccc1.O=S(=O)(O)O. The Kier molecular flexibility index (Phi) is 10.5. The first-order valence-corrected chi connectivity index (χ1v) is 11.9. The maximum Gasteiger partial charge on any atom is 0.394 e. The Balaban J connectivity index is 0.000000654. The molecule has 0 fully saturated rings. The van der Waals surface area contributed by atoms with Crippen LogP contribution in [0.1, 0.15) is 30.0 Å². The highest BCUT2D eigenvalue weighted by Crippen LogP contribution is 2.20. The third kappa shape index (κ3) is 10.2. The fourth-order valence-electron chi connectivity index (χ4n) is 3.56. The summed E-state index contributed by atoms with van der Waals surface area (Å²) in [5.74, 6) is 0. The van der Waals surface area contributed by atoms with Gasteiger partial charge in [-0.25, -0.2) is 0 Å². The molecular formula is C25H31NO5S. The highest BCUT2D eigenvalue weighted by atomic mass is 32.3. The van der Waals surface area contributed by atoms with Crippen LogP contribution in [0.3, 0.4) is 0 Å². The molecule has 0 saturated carbocycles. The van der Waals surface area contributed by atoms with Crippen LogP contribution >= 0.6 is 0 Å².